The van der Waals surface area contributed by atoms with Gasteiger partial charge in [0.05, 0.1) is 18.1 Å². The van der Waals surface area contributed by atoms with Crippen LogP contribution in [0.2, 0.25) is 0 Å². The van der Waals surface area contributed by atoms with E-state index in [4.69, 9.17) is 4.74 Å². The van der Waals surface area contributed by atoms with Crippen LogP contribution in [0.1, 0.15) is 0 Å². The Morgan fingerprint density at radius 2 is 1.72 bits per heavy atom. The molecule has 1 aromatic rings. The van der Waals surface area contributed by atoms with Gasteiger partial charge in [0.1, 0.15) is 0 Å². The molecule has 1 aliphatic rings. The standard InChI is InChI=1S/C10H10BrF2NO3S/c11-7-5-8(12)9(13)6-10(7)18(15,16)14-1-3-17-4-2-14/h5-6H,1-4H2. The van der Waals surface area contributed by atoms with Crippen LogP contribution in [0.25, 0.3) is 0 Å². The van der Waals surface area contributed by atoms with Gasteiger partial charge in [-0.3, -0.25) is 0 Å². The monoisotopic (exact) mass is 341 g/mol. The number of sulfonamides is 1. The zero-order chi connectivity index (χ0) is 13.3. The molecule has 0 N–H and O–H groups in total. The lowest BCUT2D eigenvalue weighted by Crippen LogP contribution is -2.40. The smallest absolute Gasteiger partial charge is 0.244 e. The highest BCUT2D eigenvalue weighted by atomic mass is 79.9. The molecular formula is C10H10BrF2NO3S. The fourth-order valence-corrected chi connectivity index (χ4v) is 4.02. The molecule has 0 amide bonds. The largest absolute Gasteiger partial charge is 0.379 e. The summed E-state index contributed by atoms with van der Waals surface area (Å²) in [6.07, 6.45) is 0. The van der Waals surface area contributed by atoms with Crippen molar-refractivity contribution in [1.82, 2.24) is 4.31 Å². The van der Waals surface area contributed by atoms with E-state index in [0.717, 1.165) is 6.07 Å². The van der Waals surface area contributed by atoms with Crippen LogP contribution in [0.3, 0.4) is 0 Å². The van der Waals surface area contributed by atoms with E-state index in [2.05, 4.69) is 15.9 Å². The highest BCUT2D eigenvalue weighted by molar-refractivity contribution is 9.10. The van der Waals surface area contributed by atoms with Crippen LogP contribution >= 0.6 is 15.9 Å². The van der Waals surface area contributed by atoms with Gasteiger partial charge in [-0.05, 0) is 28.1 Å². The number of hydrogen-bond donors (Lipinski definition) is 0. The summed E-state index contributed by atoms with van der Waals surface area (Å²) in [5.74, 6) is -2.28. The maximum atomic E-state index is 13.2. The molecular weight excluding hydrogens is 332 g/mol. The summed E-state index contributed by atoms with van der Waals surface area (Å²) in [5, 5.41) is 0. The van der Waals surface area contributed by atoms with E-state index in [9.17, 15) is 17.2 Å². The van der Waals surface area contributed by atoms with Crippen molar-refractivity contribution in [3.05, 3.63) is 28.2 Å². The lowest BCUT2D eigenvalue weighted by atomic mass is 10.3. The first kappa shape index (κ1) is 13.9. The third-order valence-corrected chi connectivity index (χ3v) is 5.42. The molecule has 0 atom stereocenters. The van der Waals surface area contributed by atoms with Crippen LogP contribution in [0, 0.1) is 11.6 Å². The summed E-state index contributed by atoms with van der Waals surface area (Å²) in [5.41, 5.74) is 0. The maximum absolute atomic E-state index is 13.2. The molecule has 0 bridgehead atoms. The van der Waals surface area contributed by atoms with E-state index in [1.54, 1.807) is 0 Å². The summed E-state index contributed by atoms with van der Waals surface area (Å²) in [4.78, 5) is -0.275. The van der Waals surface area contributed by atoms with Crippen LogP contribution in [-0.4, -0.2) is 39.0 Å². The normalized spacial score (nSPS) is 17.9. The van der Waals surface area contributed by atoms with E-state index >= 15 is 0 Å². The number of morpholine rings is 1. The zero-order valence-corrected chi connectivity index (χ0v) is 11.6. The molecule has 1 saturated heterocycles. The van der Waals surface area contributed by atoms with Crippen LogP contribution in [-0.2, 0) is 14.8 Å². The van der Waals surface area contributed by atoms with E-state index in [-0.39, 0.29) is 22.5 Å². The van der Waals surface area contributed by atoms with Gasteiger partial charge >= 0.3 is 0 Å². The van der Waals surface area contributed by atoms with Crippen molar-refractivity contribution in [2.45, 2.75) is 4.90 Å². The molecule has 100 valence electrons. The minimum Gasteiger partial charge on any atom is -0.379 e. The Hall–Kier alpha value is -0.570. The SMILES string of the molecule is O=S(=O)(c1cc(F)c(F)cc1Br)N1CCOCC1. The molecule has 0 radical (unpaired) electrons. The first-order valence-electron chi connectivity index (χ1n) is 5.15. The predicted octanol–water partition coefficient (Wildman–Crippen LogP) is 1.75. The second-order valence-corrected chi connectivity index (χ2v) is 6.47. The van der Waals surface area contributed by atoms with Crippen molar-refractivity contribution < 1.29 is 21.9 Å². The van der Waals surface area contributed by atoms with Crippen molar-refractivity contribution in [1.29, 1.82) is 0 Å². The minimum atomic E-state index is -3.83. The molecule has 0 spiro atoms. The van der Waals surface area contributed by atoms with Gasteiger partial charge in [-0.2, -0.15) is 4.31 Å². The van der Waals surface area contributed by atoms with E-state index in [1.807, 2.05) is 0 Å². The van der Waals surface area contributed by atoms with E-state index < -0.39 is 21.7 Å². The molecule has 1 fully saturated rings. The number of benzene rings is 1. The number of nitrogens with zero attached hydrogens (tertiary/aromatic N) is 1. The van der Waals surface area contributed by atoms with Crippen LogP contribution in [0.5, 0.6) is 0 Å². The van der Waals surface area contributed by atoms with Gasteiger partial charge in [-0.1, -0.05) is 0 Å². The molecule has 0 aromatic heterocycles. The number of rotatable bonds is 2. The van der Waals surface area contributed by atoms with Gasteiger partial charge in [-0.25, -0.2) is 17.2 Å². The fourth-order valence-electron chi connectivity index (χ4n) is 1.63. The first-order chi connectivity index (χ1) is 8.43. The molecule has 2 rings (SSSR count). The highest BCUT2D eigenvalue weighted by Gasteiger charge is 2.29. The Labute approximate surface area is 112 Å². The third kappa shape index (κ3) is 2.56. The average molecular weight is 342 g/mol. The zero-order valence-electron chi connectivity index (χ0n) is 9.20. The lowest BCUT2D eigenvalue weighted by Gasteiger charge is -2.26. The summed E-state index contributed by atoms with van der Waals surface area (Å²) in [6, 6.07) is 1.49. The Morgan fingerprint density at radius 3 is 2.33 bits per heavy atom. The second kappa shape index (κ2) is 5.20. The number of ether oxygens (including phenoxy) is 1. The van der Waals surface area contributed by atoms with Gasteiger partial charge in [-0.15, -0.1) is 0 Å². The Balaban J connectivity index is 2.43. The maximum Gasteiger partial charge on any atom is 0.244 e. The van der Waals surface area contributed by atoms with Gasteiger partial charge in [0.15, 0.2) is 11.6 Å². The van der Waals surface area contributed by atoms with Crippen molar-refractivity contribution in [3.63, 3.8) is 0 Å². The predicted molar refractivity (Wildman–Crippen MR) is 63.6 cm³/mol. The van der Waals surface area contributed by atoms with Gasteiger partial charge in [0, 0.05) is 17.6 Å². The summed E-state index contributed by atoms with van der Waals surface area (Å²) < 4.78 is 56.8. The molecule has 4 nitrogen and oxygen atoms in total. The fraction of sp³-hybridized carbons (Fsp3) is 0.400. The Kier molecular flexibility index (Phi) is 4.00. The first-order valence-corrected chi connectivity index (χ1v) is 7.38. The molecule has 18 heavy (non-hydrogen) atoms. The summed E-state index contributed by atoms with van der Waals surface area (Å²) >= 11 is 2.94. The molecule has 1 aromatic carbocycles. The molecule has 1 heterocycles. The number of halogens is 3. The number of hydrogen-bond acceptors (Lipinski definition) is 3. The van der Waals surface area contributed by atoms with Crippen molar-refractivity contribution in [3.8, 4) is 0 Å². The average Bonchev–Trinajstić information content (AvgIpc) is 2.34. The molecule has 0 aliphatic carbocycles. The molecule has 0 unspecified atom stereocenters. The summed E-state index contributed by atoms with van der Waals surface area (Å²) in [6.45, 7) is 0.989. The van der Waals surface area contributed by atoms with Crippen molar-refractivity contribution in [2.75, 3.05) is 26.3 Å². The Bertz CT molecular complexity index is 558. The van der Waals surface area contributed by atoms with Crippen molar-refractivity contribution in [2.24, 2.45) is 0 Å². The van der Waals surface area contributed by atoms with Crippen LogP contribution in [0.15, 0.2) is 21.5 Å². The topological polar surface area (TPSA) is 46.6 Å². The quantitative estimate of drug-likeness (QED) is 0.770. The minimum absolute atomic E-state index is 0.00731. The van der Waals surface area contributed by atoms with Crippen LogP contribution < -0.4 is 0 Å². The van der Waals surface area contributed by atoms with Gasteiger partial charge in [0.25, 0.3) is 0 Å². The molecule has 1 aliphatic heterocycles. The highest BCUT2D eigenvalue weighted by Crippen LogP contribution is 2.27. The molecule has 0 saturated carbocycles. The lowest BCUT2D eigenvalue weighted by molar-refractivity contribution is 0.0730. The van der Waals surface area contributed by atoms with Gasteiger partial charge < -0.3 is 4.74 Å². The van der Waals surface area contributed by atoms with Crippen molar-refractivity contribution >= 4 is 26.0 Å². The van der Waals surface area contributed by atoms with E-state index in [1.165, 1.54) is 4.31 Å². The van der Waals surface area contributed by atoms with E-state index in [0.29, 0.717) is 19.3 Å². The third-order valence-electron chi connectivity index (χ3n) is 2.56. The second-order valence-electron chi connectivity index (χ2n) is 3.71. The van der Waals surface area contributed by atoms with Crippen LogP contribution in [0.4, 0.5) is 8.78 Å². The van der Waals surface area contributed by atoms with Gasteiger partial charge in [0.2, 0.25) is 10.0 Å². The Morgan fingerprint density at radius 1 is 1.17 bits per heavy atom. The molecule has 8 heteroatoms. The summed E-state index contributed by atoms with van der Waals surface area (Å²) in [7, 11) is -3.83.